The van der Waals surface area contributed by atoms with Gasteiger partial charge in [-0.1, -0.05) is 49.7 Å². The number of benzene rings is 1. The molecule has 0 spiro atoms. The Labute approximate surface area is 130 Å². The Kier molecular flexibility index (Phi) is 3.36. The van der Waals surface area contributed by atoms with E-state index in [-0.39, 0.29) is 10.8 Å². The molecule has 1 aromatic carbocycles. The lowest BCUT2D eigenvalue weighted by Gasteiger charge is -2.34. The Hall–Kier alpha value is -1.35. The molecule has 1 aromatic rings. The van der Waals surface area contributed by atoms with Crippen LogP contribution in [0.3, 0.4) is 0 Å². The van der Waals surface area contributed by atoms with E-state index in [0.717, 1.165) is 18.6 Å². The number of nitrogens with zero attached hydrogens (tertiary/aromatic N) is 1. The van der Waals surface area contributed by atoms with Crippen LogP contribution in [0.2, 0.25) is 5.02 Å². The van der Waals surface area contributed by atoms with Crippen LogP contribution in [0, 0.1) is 16.7 Å². The first-order valence-corrected chi connectivity index (χ1v) is 7.77. The maximum atomic E-state index is 12.1. The highest BCUT2D eigenvalue weighted by atomic mass is 35.5. The molecule has 0 aromatic heterocycles. The van der Waals surface area contributed by atoms with E-state index in [0.29, 0.717) is 16.5 Å². The molecule has 0 amide bonds. The van der Waals surface area contributed by atoms with Crippen LogP contribution in [-0.4, -0.2) is 11.7 Å². The summed E-state index contributed by atoms with van der Waals surface area (Å²) >= 11 is 6.00. The first-order chi connectivity index (χ1) is 9.86. The minimum atomic E-state index is -0.489. The van der Waals surface area contributed by atoms with Crippen LogP contribution in [0.25, 0.3) is 0 Å². The largest absolute Gasteiger partial charge is 0.367 e. The van der Waals surface area contributed by atoms with Gasteiger partial charge in [0.2, 0.25) is 0 Å². The first-order valence-electron chi connectivity index (χ1n) is 7.39. The first kappa shape index (κ1) is 14.6. The predicted molar refractivity (Wildman–Crippen MR) is 83.5 cm³/mol. The van der Waals surface area contributed by atoms with Gasteiger partial charge in [0.25, 0.3) is 0 Å². The van der Waals surface area contributed by atoms with Crippen molar-refractivity contribution in [1.29, 1.82) is 0 Å². The quantitative estimate of drug-likeness (QED) is 0.587. The SMILES string of the molecule is CC1(C)[C@@H]2CC[C@@]1(C)/C(=N\OC(=O)c1ccccc1Cl)C2. The Balaban J connectivity index is 1.79. The molecule has 0 saturated heterocycles. The van der Waals surface area contributed by atoms with Crippen molar-refractivity contribution in [2.24, 2.45) is 21.9 Å². The number of fused-ring (bicyclic) bond motifs is 2. The van der Waals surface area contributed by atoms with Crippen molar-refractivity contribution in [3.8, 4) is 0 Å². The van der Waals surface area contributed by atoms with Crippen molar-refractivity contribution in [2.75, 3.05) is 0 Å². The van der Waals surface area contributed by atoms with Crippen molar-refractivity contribution in [3.05, 3.63) is 34.9 Å². The van der Waals surface area contributed by atoms with Crippen LogP contribution in [0.5, 0.6) is 0 Å². The van der Waals surface area contributed by atoms with E-state index in [4.69, 9.17) is 16.4 Å². The highest BCUT2D eigenvalue weighted by Crippen LogP contribution is 2.63. The summed E-state index contributed by atoms with van der Waals surface area (Å²) in [5.41, 5.74) is 1.64. The summed E-state index contributed by atoms with van der Waals surface area (Å²) < 4.78 is 0. The molecule has 2 saturated carbocycles. The highest BCUT2D eigenvalue weighted by Gasteiger charge is 2.60. The van der Waals surface area contributed by atoms with Crippen LogP contribution in [0.1, 0.15) is 50.4 Å². The number of halogens is 1. The zero-order chi connectivity index (χ0) is 15.3. The summed E-state index contributed by atoms with van der Waals surface area (Å²) in [7, 11) is 0. The van der Waals surface area contributed by atoms with E-state index in [9.17, 15) is 4.79 Å². The molecule has 2 aliphatic rings. The number of hydrogen-bond acceptors (Lipinski definition) is 3. The Bertz CT molecular complexity index is 623. The third kappa shape index (κ3) is 2.10. The van der Waals surface area contributed by atoms with Crippen LogP contribution in [-0.2, 0) is 4.84 Å². The molecule has 0 aliphatic heterocycles. The number of oxime groups is 1. The van der Waals surface area contributed by atoms with Crippen molar-refractivity contribution < 1.29 is 9.63 Å². The average Bonchev–Trinajstić information content (AvgIpc) is 2.78. The summed E-state index contributed by atoms with van der Waals surface area (Å²) in [4.78, 5) is 17.2. The van der Waals surface area contributed by atoms with Crippen LogP contribution >= 0.6 is 11.6 Å². The number of hydrogen-bond donors (Lipinski definition) is 0. The molecule has 21 heavy (non-hydrogen) atoms. The summed E-state index contributed by atoms with van der Waals surface area (Å²) in [6, 6.07) is 6.87. The second kappa shape index (κ2) is 4.84. The second-order valence-electron chi connectivity index (χ2n) is 6.89. The van der Waals surface area contributed by atoms with Crippen molar-refractivity contribution >= 4 is 23.3 Å². The number of carbonyl (C=O) groups excluding carboxylic acids is 1. The fourth-order valence-electron chi connectivity index (χ4n) is 3.84. The summed E-state index contributed by atoms with van der Waals surface area (Å²) in [6.45, 7) is 6.83. The lowest BCUT2D eigenvalue weighted by Crippen LogP contribution is -2.32. The van der Waals surface area contributed by atoms with Gasteiger partial charge in [-0.15, -0.1) is 0 Å². The maximum absolute atomic E-state index is 12.1. The molecule has 2 bridgehead atoms. The lowest BCUT2D eigenvalue weighted by atomic mass is 9.70. The zero-order valence-electron chi connectivity index (χ0n) is 12.6. The van der Waals surface area contributed by atoms with Crippen molar-refractivity contribution in [1.82, 2.24) is 0 Å². The molecule has 0 unspecified atom stereocenters. The van der Waals surface area contributed by atoms with Gasteiger partial charge in [-0.05, 0) is 42.7 Å². The molecule has 0 N–H and O–H groups in total. The van der Waals surface area contributed by atoms with Gasteiger partial charge in [-0.2, -0.15) is 0 Å². The van der Waals surface area contributed by atoms with Gasteiger partial charge in [-0.3, -0.25) is 0 Å². The molecule has 2 atom stereocenters. The summed E-state index contributed by atoms with van der Waals surface area (Å²) in [5.74, 6) is 0.151. The van der Waals surface area contributed by atoms with Crippen LogP contribution < -0.4 is 0 Å². The minimum Gasteiger partial charge on any atom is -0.313 e. The average molecular weight is 306 g/mol. The van der Waals surface area contributed by atoms with Gasteiger partial charge in [0.05, 0.1) is 16.3 Å². The normalized spacial score (nSPS) is 31.6. The zero-order valence-corrected chi connectivity index (χ0v) is 13.4. The second-order valence-corrected chi connectivity index (χ2v) is 7.30. The molecular formula is C17H20ClNO2. The van der Waals surface area contributed by atoms with E-state index in [2.05, 4.69) is 25.9 Å². The number of rotatable bonds is 2. The molecule has 4 heteroatoms. The van der Waals surface area contributed by atoms with Gasteiger partial charge in [-0.25, -0.2) is 4.79 Å². The fourth-order valence-corrected chi connectivity index (χ4v) is 4.05. The van der Waals surface area contributed by atoms with Crippen LogP contribution in [0.4, 0.5) is 0 Å². The molecular weight excluding hydrogens is 286 g/mol. The fraction of sp³-hybridized carbons (Fsp3) is 0.529. The predicted octanol–water partition coefficient (Wildman–Crippen LogP) is 4.70. The standard InChI is InChI=1S/C17H20ClNO2/c1-16(2)11-8-9-17(16,3)14(10-11)19-21-15(20)12-6-4-5-7-13(12)18/h4-7,11H,8-10H2,1-3H3/b19-14-/t11-,17+/m1/s1. The summed E-state index contributed by atoms with van der Waals surface area (Å²) in [5, 5.41) is 4.59. The molecule has 0 radical (unpaired) electrons. The highest BCUT2D eigenvalue weighted by molar-refractivity contribution is 6.33. The smallest absolute Gasteiger partial charge is 0.313 e. The molecule has 2 aliphatic carbocycles. The van der Waals surface area contributed by atoms with Crippen molar-refractivity contribution in [3.63, 3.8) is 0 Å². The third-order valence-electron chi connectivity index (χ3n) is 5.84. The Morgan fingerprint density at radius 2 is 2.05 bits per heavy atom. The number of carbonyl (C=O) groups is 1. The van der Waals surface area contributed by atoms with Gasteiger partial charge in [0.15, 0.2) is 0 Å². The van der Waals surface area contributed by atoms with E-state index < -0.39 is 5.97 Å². The maximum Gasteiger partial charge on any atom is 0.367 e. The van der Waals surface area contributed by atoms with Gasteiger partial charge in [0, 0.05) is 5.41 Å². The van der Waals surface area contributed by atoms with Gasteiger partial charge < -0.3 is 4.84 Å². The molecule has 2 fully saturated rings. The Morgan fingerprint density at radius 3 is 2.62 bits per heavy atom. The van der Waals surface area contributed by atoms with Gasteiger partial charge >= 0.3 is 5.97 Å². The molecule has 3 rings (SSSR count). The summed E-state index contributed by atoms with van der Waals surface area (Å²) in [6.07, 6.45) is 3.29. The molecule has 112 valence electrons. The van der Waals surface area contributed by atoms with Crippen molar-refractivity contribution in [2.45, 2.75) is 40.0 Å². The Morgan fingerprint density at radius 1 is 1.33 bits per heavy atom. The van der Waals surface area contributed by atoms with E-state index >= 15 is 0 Å². The third-order valence-corrected chi connectivity index (χ3v) is 6.17. The minimum absolute atomic E-state index is 0.0401. The van der Waals surface area contributed by atoms with E-state index in [1.165, 1.54) is 6.42 Å². The van der Waals surface area contributed by atoms with Gasteiger partial charge in [0.1, 0.15) is 0 Å². The topological polar surface area (TPSA) is 38.7 Å². The molecule has 0 heterocycles. The lowest BCUT2D eigenvalue weighted by molar-refractivity contribution is 0.0508. The monoisotopic (exact) mass is 305 g/mol. The van der Waals surface area contributed by atoms with E-state index in [1.807, 2.05) is 0 Å². The van der Waals surface area contributed by atoms with Crippen LogP contribution in [0.15, 0.2) is 29.4 Å². The van der Waals surface area contributed by atoms with E-state index in [1.54, 1.807) is 24.3 Å². The molecule has 3 nitrogen and oxygen atoms in total.